The Labute approximate surface area is 164 Å². The molecule has 146 valence electrons. The third-order valence-electron chi connectivity index (χ3n) is 4.92. The maximum atomic E-state index is 5.58. The van der Waals surface area contributed by atoms with Crippen LogP contribution < -0.4 is 10.1 Å². The van der Waals surface area contributed by atoms with Crippen LogP contribution in [0.1, 0.15) is 56.1 Å². The highest BCUT2D eigenvalue weighted by atomic mass is 16.5. The predicted octanol–water partition coefficient (Wildman–Crippen LogP) is 5.29. The third kappa shape index (κ3) is 4.44. The first kappa shape index (κ1) is 20.8. The fourth-order valence-electron chi connectivity index (χ4n) is 3.51. The van der Waals surface area contributed by atoms with Crippen molar-refractivity contribution in [2.24, 2.45) is 4.99 Å². The lowest BCUT2D eigenvalue weighted by atomic mass is 10.0. The molecule has 0 atom stereocenters. The number of nitrogens with one attached hydrogen (secondary N) is 1. The summed E-state index contributed by atoms with van der Waals surface area (Å²) < 4.78 is 7.86. The van der Waals surface area contributed by atoms with Gasteiger partial charge in [-0.3, -0.25) is 4.99 Å². The van der Waals surface area contributed by atoms with Crippen LogP contribution in [0.15, 0.2) is 35.8 Å². The van der Waals surface area contributed by atoms with Gasteiger partial charge in [-0.15, -0.1) is 0 Å². The summed E-state index contributed by atoms with van der Waals surface area (Å²) in [6.45, 7) is 16.5. The zero-order valence-electron chi connectivity index (χ0n) is 17.6. The van der Waals surface area contributed by atoms with Crippen molar-refractivity contribution >= 4 is 11.4 Å². The van der Waals surface area contributed by atoms with E-state index in [9.17, 15) is 0 Å². The van der Waals surface area contributed by atoms with Crippen molar-refractivity contribution in [1.82, 2.24) is 9.88 Å². The van der Waals surface area contributed by atoms with Gasteiger partial charge in [0.2, 0.25) is 0 Å². The molecule has 2 rings (SSSR count). The van der Waals surface area contributed by atoms with E-state index in [1.807, 2.05) is 26.1 Å². The third-order valence-corrected chi connectivity index (χ3v) is 4.92. The Kier molecular flexibility index (Phi) is 7.28. The highest BCUT2D eigenvalue weighted by Crippen LogP contribution is 2.31. The van der Waals surface area contributed by atoms with E-state index in [-0.39, 0.29) is 0 Å². The van der Waals surface area contributed by atoms with Crippen molar-refractivity contribution < 1.29 is 4.74 Å². The lowest BCUT2D eigenvalue weighted by Gasteiger charge is -2.13. The summed E-state index contributed by atoms with van der Waals surface area (Å²) in [6, 6.07) is 8.24. The summed E-state index contributed by atoms with van der Waals surface area (Å²) in [7, 11) is 1.84. The van der Waals surface area contributed by atoms with E-state index in [1.54, 1.807) is 0 Å². The van der Waals surface area contributed by atoms with E-state index in [4.69, 9.17) is 4.74 Å². The molecule has 0 aliphatic heterocycles. The van der Waals surface area contributed by atoms with Gasteiger partial charge in [-0.2, -0.15) is 0 Å². The van der Waals surface area contributed by atoms with Gasteiger partial charge in [-0.1, -0.05) is 19.9 Å². The Balaban J connectivity index is 2.54. The Hall–Kier alpha value is -2.49. The standard InChI is InChI=1S/C23H33N3O/c1-8-10-15-25-17(4)23-19(6)26(18(5)22(23)16(3)24-7)20-11-13-21(14-12-20)27-9-2/h11-14,25H,4,8-10,15H2,1-3,5-7H3. The van der Waals surface area contributed by atoms with Crippen LogP contribution in [0.2, 0.25) is 0 Å². The molecule has 1 aromatic heterocycles. The molecule has 1 N–H and O–H groups in total. The molecule has 1 aromatic carbocycles. The number of aliphatic imine (C=N–C) groups is 1. The monoisotopic (exact) mass is 367 g/mol. The van der Waals surface area contributed by atoms with Crippen molar-refractivity contribution in [2.45, 2.75) is 47.5 Å². The summed E-state index contributed by atoms with van der Waals surface area (Å²) in [5.41, 5.74) is 7.77. The maximum Gasteiger partial charge on any atom is 0.119 e. The molecular weight excluding hydrogens is 334 g/mol. The van der Waals surface area contributed by atoms with Gasteiger partial charge in [-0.25, -0.2) is 0 Å². The van der Waals surface area contributed by atoms with Gasteiger partial charge in [0.1, 0.15) is 5.75 Å². The first-order chi connectivity index (χ1) is 13.0. The first-order valence-corrected chi connectivity index (χ1v) is 9.78. The molecule has 0 unspecified atom stereocenters. The van der Waals surface area contributed by atoms with Crippen LogP contribution in [-0.2, 0) is 0 Å². The second-order valence-corrected chi connectivity index (χ2v) is 6.75. The van der Waals surface area contributed by atoms with Gasteiger partial charge in [0.15, 0.2) is 0 Å². The summed E-state index contributed by atoms with van der Waals surface area (Å²) in [4.78, 5) is 4.46. The first-order valence-electron chi connectivity index (χ1n) is 9.78. The molecule has 2 aromatic rings. The molecule has 1 heterocycles. The van der Waals surface area contributed by atoms with Gasteiger partial charge >= 0.3 is 0 Å². The molecule has 0 saturated carbocycles. The minimum atomic E-state index is 0.671. The molecule has 0 saturated heterocycles. The van der Waals surface area contributed by atoms with Crippen LogP contribution in [0.25, 0.3) is 11.4 Å². The molecule has 0 spiro atoms. The van der Waals surface area contributed by atoms with E-state index in [1.165, 1.54) is 11.4 Å². The highest BCUT2D eigenvalue weighted by Gasteiger charge is 2.22. The summed E-state index contributed by atoms with van der Waals surface area (Å²) in [5.74, 6) is 0.890. The zero-order chi connectivity index (χ0) is 20.0. The van der Waals surface area contributed by atoms with Crippen LogP contribution in [-0.4, -0.2) is 30.5 Å². The van der Waals surface area contributed by atoms with E-state index in [0.717, 1.165) is 53.4 Å². The summed E-state index contributed by atoms with van der Waals surface area (Å²) in [6.07, 6.45) is 2.29. The molecule has 0 bridgehead atoms. The number of aromatic nitrogens is 1. The lowest BCUT2D eigenvalue weighted by Crippen LogP contribution is -2.15. The van der Waals surface area contributed by atoms with Crippen molar-refractivity contribution in [3.05, 3.63) is 53.4 Å². The fraction of sp³-hybridized carbons (Fsp3) is 0.435. The molecule has 4 heteroatoms. The SMILES string of the molecule is C=C(NCCCC)c1c(C(C)=NC)c(C)n(-c2ccc(OCC)cc2)c1C. The molecule has 27 heavy (non-hydrogen) atoms. The Morgan fingerprint density at radius 3 is 2.30 bits per heavy atom. The molecule has 0 aliphatic carbocycles. The van der Waals surface area contributed by atoms with E-state index < -0.39 is 0 Å². The smallest absolute Gasteiger partial charge is 0.119 e. The lowest BCUT2D eigenvalue weighted by molar-refractivity contribution is 0.340. The van der Waals surface area contributed by atoms with Crippen LogP contribution in [0.3, 0.4) is 0 Å². The van der Waals surface area contributed by atoms with Gasteiger partial charge in [-0.05, 0) is 58.4 Å². The summed E-state index contributed by atoms with van der Waals surface area (Å²) >= 11 is 0. The van der Waals surface area contributed by atoms with Crippen LogP contribution >= 0.6 is 0 Å². The zero-order valence-corrected chi connectivity index (χ0v) is 17.6. The molecule has 0 amide bonds. The second kappa shape index (κ2) is 9.45. The van der Waals surface area contributed by atoms with Gasteiger partial charge in [0.25, 0.3) is 0 Å². The average Bonchev–Trinajstić information content (AvgIpc) is 2.93. The number of rotatable bonds is 9. The van der Waals surface area contributed by atoms with E-state index >= 15 is 0 Å². The normalized spacial score (nSPS) is 11.6. The number of ether oxygens (including phenoxy) is 1. The highest BCUT2D eigenvalue weighted by molar-refractivity contribution is 6.04. The number of nitrogens with zero attached hydrogens (tertiary/aromatic N) is 2. The molecule has 0 radical (unpaired) electrons. The number of benzene rings is 1. The minimum absolute atomic E-state index is 0.671. The molecule has 0 fully saturated rings. The predicted molar refractivity (Wildman–Crippen MR) is 116 cm³/mol. The van der Waals surface area contributed by atoms with E-state index in [0.29, 0.717) is 6.61 Å². The van der Waals surface area contributed by atoms with Crippen LogP contribution in [0.5, 0.6) is 5.75 Å². The molecule has 0 aliphatic rings. The number of unbranched alkanes of at least 4 members (excludes halogenated alkanes) is 1. The summed E-state index contributed by atoms with van der Waals surface area (Å²) in [5, 5.41) is 3.50. The number of hydrogen-bond acceptors (Lipinski definition) is 3. The molecular formula is C23H33N3O. The van der Waals surface area contributed by atoms with Gasteiger partial charge < -0.3 is 14.6 Å². The fourth-order valence-corrected chi connectivity index (χ4v) is 3.51. The Morgan fingerprint density at radius 1 is 1.11 bits per heavy atom. The van der Waals surface area contributed by atoms with Crippen molar-refractivity contribution in [3.63, 3.8) is 0 Å². The Bertz CT molecular complexity index is 813. The second-order valence-electron chi connectivity index (χ2n) is 6.75. The van der Waals surface area contributed by atoms with Gasteiger partial charge in [0.05, 0.1) is 6.61 Å². The number of hydrogen-bond donors (Lipinski definition) is 1. The van der Waals surface area contributed by atoms with Crippen molar-refractivity contribution in [2.75, 3.05) is 20.2 Å². The van der Waals surface area contributed by atoms with Crippen molar-refractivity contribution in [1.29, 1.82) is 0 Å². The van der Waals surface area contributed by atoms with Crippen LogP contribution in [0, 0.1) is 13.8 Å². The van der Waals surface area contributed by atoms with Crippen LogP contribution in [0.4, 0.5) is 0 Å². The Morgan fingerprint density at radius 2 is 1.74 bits per heavy atom. The topological polar surface area (TPSA) is 38.5 Å². The van der Waals surface area contributed by atoms with Gasteiger partial charge in [0, 0.05) is 53.2 Å². The average molecular weight is 368 g/mol. The molecule has 4 nitrogen and oxygen atoms in total. The van der Waals surface area contributed by atoms with Crippen molar-refractivity contribution in [3.8, 4) is 11.4 Å². The maximum absolute atomic E-state index is 5.58. The minimum Gasteiger partial charge on any atom is -0.494 e. The quantitative estimate of drug-likeness (QED) is 0.483. The van der Waals surface area contributed by atoms with E-state index in [2.05, 4.69) is 61.3 Å². The largest absolute Gasteiger partial charge is 0.494 e.